The minimum absolute atomic E-state index is 0.271. The fourth-order valence-electron chi connectivity index (χ4n) is 11.3. The average molecular weight is 1220 g/mol. The van der Waals surface area contributed by atoms with Gasteiger partial charge in [0.25, 0.3) is 0 Å². The summed E-state index contributed by atoms with van der Waals surface area (Å²) in [4.78, 5) is 81.6. The molecule has 92 heavy (non-hydrogen) atoms. The number of benzene rings is 8. The van der Waals surface area contributed by atoms with E-state index >= 15 is 0 Å². The molecule has 2 aliphatic rings. The zero-order valence-corrected chi connectivity index (χ0v) is 48.8. The highest BCUT2D eigenvalue weighted by Gasteiger charge is 2.26. The Hall–Kier alpha value is -13.1. The van der Waals surface area contributed by atoms with Crippen molar-refractivity contribution in [1.82, 2.24) is 39.9 Å². The van der Waals surface area contributed by atoms with E-state index in [2.05, 4.69) is 9.97 Å². The lowest BCUT2D eigenvalue weighted by Crippen LogP contribution is -1.91. The van der Waals surface area contributed by atoms with Crippen molar-refractivity contribution in [2.45, 2.75) is 0 Å². The largest absolute Gasteiger partial charge is 0.496 e. The molecule has 0 fully saturated rings. The number of hydrogen-bond donors (Lipinski definition) is 2. The van der Waals surface area contributed by atoms with Gasteiger partial charge in [0.05, 0.1) is 48.1 Å². The number of aromatic nitrogens is 8. The Morgan fingerprint density at radius 3 is 0.859 bits per heavy atom. The van der Waals surface area contributed by atoms with Gasteiger partial charge in [0.2, 0.25) is 24.8 Å². The van der Waals surface area contributed by atoms with Crippen LogP contribution in [-0.2, 0) is 0 Å². The van der Waals surface area contributed by atoms with Crippen LogP contribution in [0, 0.1) is 40.5 Å². The Labute approximate surface area is 519 Å². The van der Waals surface area contributed by atoms with Crippen LogP contribution in [0.1, 0.15) is 22.3 Å². The maximum Gasteiger partial charge on any atom is 0.235 e. The standard InChI is InChI=1S/C68H46N12O12/c1-89-57-29-37(21-25-77(81)82)5-13-45(57)41-9-17-49-53(33-41)65-71-61(49)69-62-51-19-11-43(47-15-7-39(23-27-79(85)86)31-59(47)91-3)35-55(51)67(73-62)76-68-56-36-44(48-16-8-40(24-28-80(87)88)32-60(48)92-4)12-20-52(56)64(74-68)70-63-50-18-10-42(34-54(50)66(72-63)75-65)46-14-6-38(22-26-78(83)84)30-58(46)90-2/h5-36H,1-4H3,(H2,69,70,71,72,73,74,75,76)/b25-21+,26-22+,27-23+,28-24+. The van der Waals surface area contributed by atoms with Gasteiger partial charge in [0, 0.05) is 90.4 Å². The third-order valence-corrected chi connectivity index (χ3v) is 15.5. The van der Waals surface area contributed by atoms with Crippen LogP contribution in [0.25, 0.3) is 158 Å². The molecule has 0 radical (unpaired) electrons. The Morgan fingerprint density at radius 2 is 0.565 bits per heavy atom. The van der Waals surface area contributed by atoms with Crippen LogP contribution in [0.2, 0.25) is 0 Å². The number of nitrogens with one attached hydrogen (secondary N) is 2. The van der Waals surface area contributed by atoms with E-state index in [9.17, 15) is 40.5 Å². The molecule has 24 nitrogen and oxygen atoms in total. The van der Waals surface area contributed by atoms with Crippen molar-refractivity contribution in [1.29, 1.82) is 0 Å². The molecule has 8 bridgehead atoms. The van der Waals surface area contributed by atoms with Crippen LogP contribution in [0.15, 0.2) is 170 Å². The summed E-state index contributed by atoms with van der Waals surface area (Å²) in [6, 6.07) is 44.1. The minimum Gasteiger partial charge on any atom is -0.496 e. The van der Waals surface area contributed by atoms with Crippen molar-refractivity contribution < 1.29 is 38.6 Å². The fourth-order valence-corrected chi connectivity index (χ4v) is 11.3. The molecule has 0 atom stereocenters. The molecule has 8 aromatic carbocycles. The van der Waals surface area contributed by atoms with Crippen molar-refractivity contribution in [2.24, 2.45) is 0 Å². The van der Waals surface area contributed by atoms with Gasteiger partial charge in [-0.1, -0.05) is 72.8 Å². The number of nitrogens with zero attached hydrogens (tertiary/aromatic N) is 10. The van der Waals surface area contributed by atoms with Gasteiger partial charge in [-0.05, 0) is 117 Å². The highest BCUT2D eigenvalue weighted by molar-refractivity contribution is 6.09. The number of ether oxygens (including phenoxy) is 4. The predicted octanol–water partition coefficient (Wildman–Crippen LogP) is 14.6. The zero-order valence-electron chi connectivity index (χ0n) is 48.8. The van der Waals surface area contributed by atoms with E-state index in [1.165, 1.54) is 52.7 Å². The van der Waals surface area contributed by atoms with Crippen LogP contribution >= 0.6 is 0 Å². The van der Waals surface area contributed by atoms with Gasteiger partial charge < -0.3 is 28.9 Å². The number of H-pyrrole nitrogens is 2. The predicted molar refractivity (Wildman–Crippen MR) is 348 cm³/mol. The number of methoxy groups -OCH3 is 4. The van der Waals surface area contributed by atoms with E-state index in [1.807, 2.05) is 97.1 Å². The van der Waals surface area contributed by atoms with Gasteiger partial charge in [0.1, 0.15) is 45.6 Å². The smallest absolute Gasteiger partial charge is 0.235 e. The Bertz CT molecular complexity index is 4960. The summed E-state index contributed by atoms with van der Waals surface area (Å²) in [6.07, 6.45) is 8.96. The van der Waals surface area contributed by atoms with E-state index in [0.717, 1.165) is 35.9 Å². The molecule has 0 amide bonds. The summed E-state index contributed by atoms with van der Waals surface area (Å²) in [5.41, 5.74) is 11.7. The molecule has 24 heteroatoms. The van der Waals surface area contributed by atoms with Crippen molar-refractivity contribution in [2.75, 3.05) is 28.4 Å². The van der Waals surface area contributed by atoms with E-state index in [0.29, 0.717) is 157 Å². The maximum absolute atomic E-state index is 11.3. The second-order valence-corrected chi connectivity index (χ2v) is 20.9. The van der Waals surface area contributed by atoms with Gasteiger partial charge in [-0.15, -0.1) is 0 Å². The number of nitro groups is 4. The first kappa shape index (κ1) is 57.9. The average Bonchev–Trinajstić information content (AvgIpc) is 1.61. The van der Waals surface area contributed by atoms with E-state index in [1.54, 1.807) is 48.5 Å². The Morgan fingerprint density at radius 1 is 0.304 bits per heavy atom. The monoisotopic (exact) mass is 1220 g/mol. The normalized spacial score (nSPS) is 11.9. The Kier molecular flexibility index (Phi) is 15.0. The van der Waals surface area contributed by atoms with Gasteiger partial charge in [-0.3, -0.25) is 40.5 Å². The zero-order chi connectivity index (χ0) is 63.9. The molecule has 2 aliphatic heterocycles. The molecule has 11 aromatic rings. The topological polar surface area (TPSA) is 318 Å². The lowest BCUT2D eigenvalue weighted by atomic mass is 9.97. The van der Waals surface area contributed by atoms with Crippen LogP contribution < -0.4 is 18.9 Å². The summed E-state index contributed by atoms with van der Waals surface area (Å²) in [5.74, 6) is 2.94. The molecule has 3 aromatic heterocycles. The molecule has 0 saturated carbocycles. The molecule has 0 saturated heterocycles. The van der Waals surface area contributed by atoms with E-state index in [4.69, 9.17) is 48.9 Å². The SMILES string of the molecule is COc1cc(/C=C/[N+](=O)[O-])ccc1-c1ccc2c(c1)-c1nc-2nc2[nH]c(nc3nc(nc4[nH]c(n1)c1cc(-c5ccc(/C=C/[N+](=O)[O-])cc5OC)ccc41)-c1ccc(-c4ccc(/C=C/[N+](=O)[O-])cc4OC)cc1-3)c1cc(-c3ccc(/C=C/[N+](=O)[O-])cc3OC)ccc21. The van der Waals surface area contributed by atoms with Crippen molar-refractivity contribution in [3.63, 3.8) is 0 Å². The molecule has 0 unspecified atom stereocenters. The molecule has 13 rings (SSSR count). The van der Waals surface area contributed by atoms with Crippen LogP contribution in [0.4, 0.5) is 0 Å². The Balaban J connectivity index is 1.09. The molecular formula is C68H46N12O12. The third kappa shape index (κ3) is 11.2. The maximum atomic E-state index is 11.3. The van der Waals surface area contributed by atoms with E-state index < -0.39 is 19.7 Å². The van der Waals surface area contributed by atoms with Crippen LogP contribution in [-0.4, -0.2) is 88.0 Å². The summed E-state index contributed by atoms with van der Waals surface area (Å²) < 4.78 is 23.5. The number of fused-ring (bicyclic) bond motifs is 20. The lowest BCUT2D eigenvalue weighted by Gasteiger charge is -2.11. The van der Waals surface area contributed by atoms with Crippen LogP contribution in [0.3, 0.4) is 0 Å². The number of hydrogen-bond acceptors (Lipinski definition) is 18. The molecule has 450 valence electrons. The first-order valence-electron chi connectivity index (χ1n) is 28.0. The summed E-state index contributed by atoms with van der Waals surface area (Å²) in [5, 5.41) is 47.6. The third-order valence-electron chi connectivity index (χ3n) is 15.5. The first-order valence-corrected chi connectivity index (χ1v) is 28.0. The van der Waals surface area contributed by atoms with E-state index in [-0.39, 0.29) is 11.6 Å². The van der Waals surface area contributed by atoms with Crippen molar-refractivity contribution in [3.8, 4) is 113 Å². The van der Waals surface area contributed by atoms with Crippen LogP contribution in [0.5, 0.6) is 23.0 Å². The van der Waals surface area contributed by atoms with Crippen molar-refractivity contribution >= 4 is 68.4 Å². The fraction of sp³-hybridized carbons (Fsp3) is 0.0588. The summed E-state index contributed by atoms with van der Waals surface area (Å²) in [6.45, 7) is 0. The first-order chi connectivity index (χ1) is 44.6. The second kappa shape index (κ2) is 23.9. The van der Waals surface area contributed by atoms with Gasteiger partial charge in [-0.2, -0.15) is 0 Å². The quantitative estimate of drug-likeness (QED) is 0.0670. The molecule has 0 spiro atoms. The molecule has 0 aliphatic carbocycles. The highest BCUT2D eigenvalue weighted by Crippen LogP contribution is 2.44. The molecule has 5 heterocycles. The lowest BCUT2D eigenvalue weighted by molar-refractivity contribution is -0.401. The second-order valence-electron chi connectivity index (χ2n) is 20.9. The number of rotatable bonds is 16. The number of aromatic amines is 2. The molecular weight excluding hydrogens is 1180 g/mol. The highest BCUT2D eigenvalue weighted by atomic mass is 16.6. The van der Waals surface area contributed by atoms with Gasteiger partial charge in [-0.25, -0.2) is 29.9 Å². The van der Waals surface area contributed by atoms with Crippen molar-refractivity contribution in [3.05, 3.63) is 233 Å². The summed E-state index contributed by atoms with van der Waals surface area (Å²) in [7, 11) is 6.08. The summed E-state index contributed by atoms with van der Waals surface area (Å²) >= 11 is 0. The van der Waals surface area contributed by atoms with Gasteiger partial charge in [0.15, 0.2) is 23.3 Å². The minimum atomic E-state index is -0.540. The molecule has 2 N–H and O–H groups in total. The van der Waals surface area contributed by atoms with Gasteiger partial charge >= 0.3 is 0 Å².